The van der Waals surface area contributed by atoms with Crippen LogP contribution in [0.25, 0.3) is 11.3 Å². The molecular weight excluding hydrogens is 348 g/mol. The van der Waals surface area contributed by atoms with Gasteiger partial charge in [-0.2, -0.15) is 4.98 Å². The molecule has 0 fully saturated rings. The minimum atomic E-state index is -0.466. The molecule has 1 atom stereocenters. The second kappa shape index (κ2) is 7.05. The number of aromatic nitrogens is 3. The Bertz CT molecular complexity index is 947. The summed E-state index contributed by atoms with van der Waals surface area (Å²) in [7, 11) is 0. The molecule has 1 aliphatic rings. The average molecular weight is 364 g/mol. The van der Waals surface area contributed by atoms with E-state index in [1.807, 2.05) is 36.4 Å². The molecule has 26 heavy (non-hydrogen) atoms. The number of ether oxygens (including phenoxy) is 1. The molecule has 1 aromatic heterocycles. The number of nitrogens with one attached hydrogen (secondary N) is 1. The number of hydrogen-bond donors (Lipinski definition) is 2. The molecule has 3 aromatic rings. The number of benzene rings is 2. The van der Waals surface area contributed by atoms with E-state index in [0.29, 0.717) is 22.5 Å². The fraction of sp³-hybridized carbons (Fsp3) is 0.105. The van der Waals surface area contributed by atoms with Crippen molar-refractivity contribution in [2.45, 2.75) is 11.4 Å². The van der Waals surface area contributed by atoms with Crippen LogP contribution in [0.5, 0.6) is 11.6 Å². The van der Waals surface area contributed by atoms with Crippen LogP contribution >= 0.6 is 11.8 Å². The van der Waals surface area contributed by atoms with Gasteiger partial charge in [0.25, 0.3) is 0 Å². The van der Waals surface area contributed by atoms with Crippen LogP contribution in [0, 0.1) is 0 Å². The predicted octanol–water partition coefficient (Wildman–Crippen LogP) is 4.03. The normalized spacial score (nSPS) is 15.0. The highest BCUT2D eigenvalue weighted by atomic mass is 32.2. The minimum absolute atomic E-state index is 0.204. The topological polar surface area (TPSA) is 80.2 Å². The van der Waals surface area contributed by atoms with Crippen LogP contribution in [-0.2, 0) is 0 Å². The first kappa shape index (κ1) is 16.4. The number of phenols is 1. The Morgan fingerprint density at radius 1 is 1.15 bits per heavy atom. The number of anilines is 1. The van der Waals surface area contributed by atoms with Crippen LogP contribution in [0.15, 0.2) is 66.3 Å². The van der Waals surface area contributed by atoms with Crippen LogP contribution in [0.1, 0.15) is 11.8 Å². The summed E-state index contributed by atoms with van der Waals surface area (Å²) >= 11 is 1.44. The van der Waals surface area contributed by atoms with E-state index in [4.69, 9.17) is 4.74 Å². The van der Waals surface area contributed by atoms with E-state index < -0.39 is 6.23 Å². The summed E-state index contributed by atoms with van der Waals surface area (Å²) in [6.45, 7) is 3.71. The number of fused-ring (bicyclic) bond motifs is 3. The SMILES string of the molecule is C=CCSc1nnc2c(n1)OC(c1ccc(O)cc1)Nc1ccccc1-2. The van der Waals surface area contributed by atoms with Crippen LogP contribution in [0.2, 0.25) is 0 Å². The maximum Gasteiger partial charge on any atom is 0.247 e. The monoisotopic (exact) mass is 364 g/mol. The molecule has 2 N–H and O–H groups in total. The number of para-hydroxylation sites is 1. The molecule has 0 aliphatic carbocycles. The first-order valence-electron chi connectivity index (χ1n) is 8.04. The van der Waals surface area contributed by atoms with Crippen molar-refractivity contribution in [1.29, 1.82) is 0 Å². The van der Waals surface area contributed by atoms with Crippen LogP contribution < -0.4 is 10.1 Å². The molecule has 1 unspecified atom stereocenters. The zero-order valence-corrected chi connectivity index (χ0v) is 14.6. The summed E-state index contributed by atoms with van der Waals surface area (Å²) in [6, 6.07) is 14.7. The fourth-order valence-electron chi connectivity index (χ4n) is 2.64. The zero-order valence-electron chi connectivity index (χ0n) is 13.8. The Hall–Kier alpha value is -3.06. The van der Waals surface area contributed by atoms with E-state index in [-0.39, 0.29) is 5.75 Å². The van der Waals surface area contributed by atoms with Crippen molar-refractivity contribution in [3.8, 4) is 22.9 Å². The Kier molecular flexibility index (Phi) is 4.45. The molecule has 6 nitrogen and oxygen atoms in total. The Morgan fingerprint density at radius 3 is 2.77 bits per heavy atom. The second-order valence-electron chi connectivity index (χ2n) is 5.63. The van der Waals surface area contributed by atoms with Gasteiger partial charge in [-0.1, -0.05) is 36.0 Å². The third-order valence-corrected chi connectivity index (χ3v) is 4.69. The Morgan fingerprint density at radius 2 is 1.96 bits per heavy atom. The molecule has 0 radical (unpaired) electrons. The summed E-state index contributed by atoms with van der Waals surface area (Å²) in [5, 5.41) is 22.0. The number of phenolic OH excluding ortho intramolecular Hbond substituents is 1. The van der Waals surface area contributed by atoms with Crippen molar-refractivity contribution < 1.29 is 9.84 Å². The van der Waals surface area contributed by atoms with Crippen molar-refractivity contribution in [2.75, 3.05) is 11.1 Å². The molecule has 4 rings (SSSR count). The number of aromatic hydroxyl groups is 1. The Balaban J connectivity index is 1.79. The van der Waals surface area contributed by atoms with Gasteiger partial charge in [0.15, 0.2) is 11.9 Å². The largest absolute Gasteiger partial charge is 0.508 e. The van der Waals surface area contributed by atoms with Gasteiger partial charge in [-0.3, -0.25) is 0 Å². The van der Waals surface area contributed by atoms with Crippen molar-refractivity contribution in [3.63, 3.8) is 0 Å². The summed E-state index contributed by atoms with van der Waals surface area (Å²) in [5.74, 6) is 1.31. The number of rotatable bonds is 4. The molecule has 0 saturated carbocycles. The lowest BCUT2D eigenvalue weighted by Crippen LogP contribution is -2.17. The zero-order chi connectivity index (χ0) is 17.9. The van der Waals surface area contributed by atoms with E-state index in [2.05, 4.69) is 27.1 Å². The number of thioether (sulfide) groups is 1. The van der Waals surface area contributed by atoms with Gasteiger partial charge in [0.1, 0.15) is 5.75 Å². The average Bonchev–Trinajstić information content (AvgIpc) is 2.83. The lowest BCUT2D eigenvalue weighted by Gasteiger charge is -2.19. The molecule has 7 heteroatoms. The van der Waals surface area contributed by atoms with Crippen molar-refractivity contribution in [1.82, 2.24) is 15.2 Å². The summed E-state index contributed by atoms with van der Waals surface area (Å²) < 4.78 is 6.14. The van der Waals surface area contributed by atoms with Crippen molar-refractivity contribution >= 4 is 17.4 Å². The van der Waals surface area contributed by atoms with E-state index in [9.17, 15) is 5.11 Å². The first-order chi connectivity index (χ1) is 12.7. The highest BCUT2D eigenvalue weighted by Gasteiger charge is 2.25. The van der Waals surface area contributed by atoms with Crippen LogP contribution in [0.3, 0.4) is 0 Å². The first-order valence-corrected chi connectivity index (χ1v) is 9.03. The van der Waals surface area contributed by atoms with Crippen molar-refractivity contribution in [2.24, 2.45) is 0 Å². The highest BCUT2D eigenvalue weighted by molar-refractivity contribution is 7.99. The van der Waals surface area contributed by atoms with E-state index >= 15 is 0 Å². The molecule has 1 aliphatic heterocycles. The lowest BCUT2D eigenvalue weighted by atomic mass is 10.1. The van der Waals surface area contributed by atoms with Gasteiger partial charge in [-0.15, -0.1) is 16.8 Å². The van der Waals surface area contributed by atoms with Crippen molar-refractivity contribution in [3.05, 3.63) is 66.7 Å². The minimum Gasteiger partial charge on any atom is -0.508 e. The smallest absolute Gasteiger partial charge is 0.247 e. The van der Waals surface area contributed by atoms with Crippen LogP contribution in [-0.4, -0.2) is 26.0 Å². The molecule has 0 bridgehead atoms. The van der Waals surface area contributed by atoms with Gasteiger partial charge in [-0.05, 0) is 30.3 Å². The fourth-order valence-corrected chi connectivity index (χ4v) is 3.15. The molecular formula is C19H16N4O2S. The van der Waals surface area contributed by atoms with Gasteiger partial charge in [0.05, 0.1) is 0 Å². The Labute approximate surface area is 155 Å². The van der Waals surface area contributed by atoms with Gasteiger partial charge in [0.2, 0.25) is 11.0 Å². The van der Waals surface area contributed by atoms with Gasteiger partial charge >= 0.3 is 0 Å². The highest BCUT2D eigenvalue weighted by Crippen LogP contribution is 2.39. The van der Waals surface area contributed by atoms with E-state index in [1.54, 1.807) is 18.2 Å². The predicted molar refractivity (Wildman–Crippen MR) is 101 cm³/mol. The third kappa shape index (κ3) is 3.21. The summed E-state index contributed by atoms with van der Waals surface area (Å²) in [4.78, 5) is 4.53. The quantitative estimate of drug-likeness (QED) is 0.534. The van der Waals surface area contributed by atoms with Gasteiger partial charge in [0, 0.05) is 22.6 Å². The molecule has 0 saturated heterocycles. The molecule has 2 heterocycles. The molecule has 130 valence electrons. The standard InChI is InChI=1S/C19H16N4O2S/c1-2-11-26-19-21-18-16(22-23-19)14-5-3-4-6-15(14)20-17(25-18)12-7-9-13(24)10-8-12/h2-10,17,20,24H,1,11H2. The molecule has 0 spiro atoms. The number of hydrogen-bond acceptors (Lipinski definition) is 7. The number of nitrogens with zero attached hydrogens (tertiary/aromatic N) is 3. The summed E-state index contributed by atoms with van der Waals surface area (Å²) in [6.07, 6.45) is 1.32. The summed E-state index contributed by atoms with van der Waals surface area (Å²) in [5.41, 5.74) is 3.22. The third-order valence-electron chi connectivity index (χ3n) is 3.86. The maximum absolute atomic E-state index is 9.54. The van der Waals surface area contributed by atoms with Gasteiger partial charge < -0.3 is 15.2 Å². The molecule has 0 amide bonds. The maximum atomic E-state index is 9.54. The van der Waals surface area contributed by atoms with Crippen LogP contribution in [0.4, 0.5) is 5.69 Å². The van der Waals surface area contributed by atoms with E-state index in [1.165, 1.54) is 11.8 Å². The molecule has 2 aromatic carbocycles. The second-order valence-corrected chi connectivity index (χ2v) is 6.61. The van der Waals surface area contributed by atoms with Gasteiger partial charge in [-0.25, -0.2) is 0 Å². The lowest BCUT2D eigenvalue weighted by molar-refractivity contribution is 0.225. The van der Waals surface area contributed by atoms with E-state index in [0.717, 1.165) is 16.8 Å².